The van der Waals surface area contributed by atoms with Crippen LogP contribution in [-0.4, -0.2) is 4.98 Å². The molecule has 4 aromatic rings. The Balaban J connectivity index is 1.74. The summed E-state index contributed by atoms with van der Waals surface area (Å²) in [4.78, 5) is 4.71. The van der Waals surface area contributed by atoms with E-state index in [1.807, 2.05) is 19.1 Å². The normalized spacial score (nSPS) is 14.8. The number of benzene rings is 3. The minimum absolute atomic E-state index is 0.631. The van der Waals surface area contributed by atoms with Crippen molar-refractivity contribution in [1.29, 1.82) is 0 Å². The van der Waals surface area contributed by atoms with Crippen LogP contribution in [0, 0.1) is 6.92 Å². The van der Waals surface area contributed by atoms with Crippen LogP contribution in [0.2, 0.25) is 0 Å². The minimum atomic E-state index is -0.631. The van der Waals surface area contributed by atoms with Crippen molar-refractivity contribution in [2.24, 2.45) is 0 Å². The zero-order valence-electron chi connectivity index (χ0n) is 14.3. The lowest BCUT2D eigenvalue weighted by atomic mass is 9.83. The van der Waals surface area contributed by atoms with Gasteiger partial charge in [0.15, 0.2) is 5.60 Å². The summed E-state index contributed by atoms with van der Waals surface area (Å²) in [6, 6.07) is 24.9. The average Bonchev–Trinajstić information content (AvgIpc) is 3.09. The predicted octanol–water partition coefficient (Wildman–Crippen LogP) is 5.95. The van der Waals surface area contributed by atoms with Gasteiger partial charge in [0, 0.05) is 16.7 Å². The quantitative estimate of drug-likeness (QED) is 0.443. The van der Waals surface area contributed by atoms with Crippen LogP contribution >= 0.6 is 11.3 Å². The molecule has 0 unspecified atom stereocenters. The van der Waals surface area contributed by atoms with Gasteiger partial charge in [0.1, 0.15) is 5.75 Å². The molecule has 0 saturated carbocycles. The van der Waals surface area contributed by atoms with E-state index in [-0.39, 0.29) is 0 Å². The van der Waals surface area contributed by atoms with Gasteiger partial charge in [-0.15, -0.1) is 11.3 Å². The molecule has 5 rings (SSSR count). The average molecular weight is 355 g/mol. The zero-order valence-corrected chi connectivity index (χ0v) is 15.2. The van der Waals surface area contributed by atoms with E-state index in [0.29, 0.717) is 0 Å². The Bertz CT molecular complexity index is 1070. The number of thiazole rings is 1. The number of ether oxygens (including phenoxy) is 1. The van der Waals surface area contributed by atoms with Gasteiger partial charge in [-0.05, 0) is 31.2 Å². The van der Waals surface area contributed by atoms with E-state index >= 15 is 0 Å². The number of aromatic nitrogens is 1. The molecule has 1 aromatic heterocycles. The summed E-state index contributed by atoms with van der Waals surface area (Å²) in [5.41, 5.74) is 3.68. The summed E-state index contributed by atoms with van der Waals surface area (Å²) in [6.07, 6.45) is 4.33. The Morgan fingerprint density at radius 3 is 2.15 bits per heavy atom. The first-order valence-corrected chi connectivity index (χ1v) is 9.47. The van der Waals surface area contributed by atoms with Gasteiger partial charge in [-0.25, -0.2) is 4.98 Å². The van der Waals surface area contributed by atoms with E-state index in [2.05, 4.69) is 72.8 Å². The van der Waals surface area contributed by atoms with E-state index in [9.17, 15) is 0 Å². The summed E-state index contributed by atoms with van der Waals surface area (Å²) in [5, 5.41) is 1.07. The van der Waals surface area contributed by atoms with Crippen molar-refractivity contribution >= 4 is 27.6 Å². The Kier molecular flexibility index (Phi) is 3.44. The Labute approximate surface area is 156 Å². The van der Waals surface area contributed by atoms with E-state index in [1.54, 1.807) is 11.3 Å². The number of fused-ring (bicyclic) bond motifs is 3. The third kappa shape index (κ3) is 2.28. The van der Waals surface area contributed by atoms with E-state index in [4.69, 9.17) is 9.72 Å². The first-order valence-electron chi connectivity index (χ1n) is 8.66. The van der Waals surface area contributed by atoms with Crippen molar-refractivity contribution in [1.82, 2.24) is 4.98 Å². The fourth-order valence-electron chi connectivity index (χ4n) is 3.61. The van der Waals surface area contributed by atoms with Gasteiger partial charge in [0.05, 0.1) is 15.2 Å². The van der Waals surface area contributed by atoms with Gasteiger partial charge in [0.25, 0.3) is 0 Å². The second-order valence-electron chi connectivity index (χ2n) is 6.46. The van der Waals surface area contributed by atoms with Crippen molar-refractivity contribution in [3.8, 4) is 5.75 Å². The molecule has 0 fully saturated rings. The van der Waals surface area contributed by atoms with Gasteiger partial charge >= 0.3 is 0 Å². The van der Waals surface area contributed by atoms with Crippen molar-refractivity contribution < 1.29 is 4.74 Å². The molecule has 126 valence electrons. The Hall–Kier alpha value is -2.91. The fourth-order valence-corrected chi connectivity index (χ4v) is 4.46. The largest absolute Gasteiger partial charge is 0.473 e. The molecule has 2 heterocycles. The molecule has 1 aliphatic heterocycles. The van der Waals surface area contributed by atoms with E-state index in [1.165, 1.54) is 4.70 Å². The van der Waals surface area contributed by atoms with Crippen LogP contribution in [-0.2, 0) is 5.60 Å². The third-order valence-corrected chi connectivity index (χ3v) is 5.76. The van der Waals surface area contributed by atoms with Crippen molar-refractivity contribution in [2.75, 3.05) is 0 Å². The molecule has 0 amide bonds. The SMILES string of the molecule is Cc1nc2c3c(ccc2s1)OC(c1ccccc1)(c1ccccc1)C=C3. The molecule has 26 heavy (non-hydrogen) atoms. The summed E-state index contributed by atoms with van der Waals surface area (Å²) in [7, 11) is 0. The van der Waals surface area contributed by atoms with Crippen molar-refractivity contribution in [2.45, 2.75) is 12.5 Å². The highest BCUT2D eigenvalue weighted by Crippen LogP contribution is 2.44. The molecule has 0 radical (unpaired) electrons. The second-order valence-corrected chi connectivity index (χ2v) is 7.69. The molecule has 0 saturated heterocycles. The van der Waals surface area contributed by atoms with Gasteiger partial charge in [-0.2, -0.15) is 0 Å². The van der Waals surface area contributed by atoms with Crippen molar-refractivity contribution in [3.63, 3.8) is 0 Å². The maximum Gasteiger partial charge on any atom is 0.178 e. The second kappa shape index (κ2) is 5.82. The van der Waals surface area contributed by atoms with E-state index < -0.39 is 5.60 Å². The summed E-state index contributed by atoms with van der Waals surface area (Å²) >= 11 is 1.72. The highest BCUT2D eigenvalue weighted by molar-refractivity contribution is 7.18. The molecule has 0 aliphatic carbocycles. The van der Waals surface area contributed by atoms with Crippen LogP contribution < -0.4 is 4.74 Å². The maximum atomic E-state index is 6.69. The summed E-state index contributed by atoms with van der Waals surface area (Å²) in [6.45, 7) is 2.04. The molecule has 3 heteroatoms. The Morgan fingerprint density at radius 2 is 1.50 bits per heavy atom. The van der Waals surface area contributed by atoms with Crippen LogP contribution in [0.4, 0.5) is 0 Å². The maximum absolute atomic E-state index is 6.69. The topological polar surface area (TPSA) is 22.1 Å². The summed E-state index contributed by atoms with van der Waals surface area (Å²) < 4.78 is 7.88. The molecule has 1 aliphatic rings. The molecule has 3 aromatic carbocycles. The molecular weight excluding hydrogens is 338 g/mol. The number of hydrogen-bond donors (Lipinski definition) is 0. The predicted molar refractivity (Wildman–Crippen MR) is 108 cm³/mol. The third-order valence-electron chi connectivity index (χ3n) is 4.83. The van der Waals surface area contributed by atoms with Gasteiger partial charge in [-0.1, -0.05) is 60.7 Å². The number of rotatable bonds is 2. The van der Waals surface area contributed by atoms with Crippen LogP contribution in [0.15, 0.2) is 78.9 Å². The fraction of sp³-hybridized carbons (Fsp3) is 0.0870. The minimum Gasteiger partial charge on any atom is -0.473 e. The molecule has 2 nitrogen and oxygen atoms in total. The van der Waals surface area contributed by atoms with Gasteiger partial charge in [0.2, 0.25) is 0 Å². The molecule has 0 spiro atoms. The number of hydrogen-bond acceptors (Lipinski definition) is 3. The molecule has 0 bridgehead atoms. The monoisotopic (exact) mass is 355 g/mol. The van der Waals surface area contributed by atoms with E-state index in [0.717, 1.165) is 33.0 Å². The lowest BCUT2D eigenvalue weighted by molar-refractivity contribution is 0.161. The summed E-state index contributed by atoms with van der Waals surface area (Å²) in [5.74, 6) is 0.873. The van der Waals surface area contributed by atoms with Crippen LogP contribution in [0.5, 0.6) is 5.75 Å². The van der Waals surface area contributed by atoms with Crippen molar-refractivity contribution in [3.05, 3.63) is 101 Å². The smallest absolute Gasteiger partial charge is 0.178 e. The number of nitrogens with zero attached hydrogens (tertiary/aromatic N) is 1. The highest BCUT2D eigenvalue weighted by Gasteiger charge is 2.37. The molecule has 0 atom stereocenters. The molecule has 0 N–H and O–H groups in total. The van der Waals surface area contributed by atoms with Crippen LogP contribution in [0.1, 0.15) is 21.7 Å². The lowest BCUT2D eigenvalue weighted by Crippen LogP contribution is -2.34. The highest BCUT2D eigenvalue weighted by atomic mass is 32.1. The van der Waals surface area contributed by atoms with Crippen LogP contribution in [0.25, 0.3) is 16.3 Å². The van der Waals surface area contributed by atoms with Crippen LogP contribution in [0.3, 0.4) is 0 Å². The first kappa shape index (κ1) is 15.4. The molecular formula is C23H17NOS. The standard InChI is InChI=1S/C23H17NOS/c1-16-24-22-19-14-15-23(17-8-4-2-5-9-17,18-10-6-3-7-11-18)25-20(19)12-13-21(22)26-16/h2-15H,1H3. The number of aryl methyl sites for hydroxylation is 1. The lowest BCUT2D eigenvalue weighted by Gasteiger charge is -2.36. The van der Waals surface area contributed by atoms with Gasteiger partial charge < -0.3 is 4.74 Å². The Morgan fingerprint density at radius 1 is 0.846 bits per heavy atom. The van der Waals surface area contributed by atoms with Gasteiger partial charge in [-0.3, -0.25) is 0 Å². The first-order chi connectivity index (χ1) is 12.8. The zero-order chi connectivity index (χ0) is 17.6.